The van der Waals surface area contributed by atoms with Gasteiger partial charge in [0.05, 0.1) is 11.2 Å². The van der Waals surface area contributed by atoms with Crippen LogP contribution in [0.1, 0.15) is 20.3 Å². The van der Waals surface area contributed by atoms with Crippen LogP contribution in [0.5, 0.6) is 0 Å². The second kappa shape index (κ2) is 4.16. The lowest BCUT2D eigenvalue weighted by molar-refractivity contribution is 0.625. The molecule has 0 spiro atoms. The minimum Gasteiger partial charge on any atom is -0.398 e. The SMILES string of the molecule is CC1CC(C)N(c2ccc(N)c3cccnc23)C1. The minimum absolute atomic E-state index is 0.578. The highest BCUT2D eigenvalue weighted by Gasteiger charge is 2.27. The van der Waals surface area contributed by atoms with Gasteiger partial charge in [0.2, 0.25) is 0 Å². The Morgan fingerprint density at radius 1 is 1.28 bits per heavy atom. The molecule has 0 aliphatic carbocycles. The monoisotopic (exact) mass is 241 g/mol. The van der Waals surface area contributed by atoms with E-state index in [1.165, 1.54) is 12.1 Å². The Bertz CT molecular complexity index is 579. The van der Waals surface area contributed by atoms with Crippen LogP contribution in [0.2, 0.25) is 0 Å². The van der Waals surface area contributed by atoms with E-state index in [2.05, 4.69) is 29.8 Å². The molecule has 2 N–H and O–H groups in total. The molecule has 2 atom stereocenters. The summed E-state index contributed by atoms with van der Waals surface area (Å²) in [7, 11) is 0. The van der Waals surface area contributed by atoms with Crippen LogP contribution in [0, 0.1) is 5.92 Å². The number of nitrogens with zero attached hydrogens (tertiary/aromatic N) is 2. The Labute approximate surface area is 108 Å². The van der Waals surface area contributed by atoms with Gasteiger partial charge in [0.1, 0.15) is 0 Å². The molecule has 1 fully saturated rings. The zero-order valence-corrected chi connectivity index (χ0v) is 10.9. The lowest BCUT2D eigenvalue weighted by Gasteiger charge is -2.25. The number of pyridine rings is 1. The van der Waals surface area contributed by atoms with Crippen LogP contribution < -0.4 is 10.6 Å². The zero-order valence-electron chi connectivity index (χ0n) is 10.9. The first-order valence-corrected chi connectivity index (χ1v) is 6.56. The van der Waals surface area contributed by atoms with Gasteiger partial charge < -0.3 is 10.6 Å². The Morgan fingerprint density at radius 3 is 2.83 bits per heavy atom. The lowest BCUT2D eigenvalue weighted by atomic mass is 10.1. The largest absolute Gasteiger partial charge is 0.398 e. The van der Waals surface area contributed by atoms with Crippen molar-refractivity contribution in [3.63, 3.8) is 0 Å². The standard InChI is InChI=1S/C15H19N3/c1-10-8-11(2)18(9-10)14-6-5-13(16)12-4-3-7-17-15(12)14/h3-7,10-11H,8-9,16H2,1-2H3. The third kappa shape index (κ3) is 1.70. The summed E-state index contributed by atoms with van der Waals surface area (Å²) in [5.74, 6) is 0.747. The molecule has 3 nitrogen and oxygen atoms in total. The van der Waals surface area contributed by atoms with Gasteiger partial charge in [-0.2, -0.15) is 0 Å². The maximum absolute atomic E-state index is 6.03. The van der Waals surface area contributed by atoms with Gasteiger partial charge in [0, 0.05) is 29.9 Å². The fraction of sp³-hybridized carbons (Fsp3) is 0.400. The maximum atomic E-state index is 6.03. The molecule has 2 unspecified atom stereocenters. The molecule has 1 aromatic carbocycles. The molecule has 0 amide bonds. The number of anilines is 2. The van der Waals surface area contributed by atoms with Crippen molar-refractivity contribution in [3.8, 4) is 0 Å². The molecule has 94 valence electrons. The Morgan fingerprint density at radius 2 is 2.11 bits per heavy atom. The van der Waals surface area contributed by atoms with E-state index in [0.717, 1.165) is 29.1 Å². The molecule has 3 heteroatoms. The van der Waals surface area contributed by atoms with Crippen molar-refractivity contribution >= 4 is 22.3 Å². The van der Waals surface area contributed by atoms with Crippen LogP contribution >= 0.6 is 0 Å². The summed E-state index contributed by atoms with van der Waals surface area (Å²) in [6.07, 6.45) is 3.09. The fourth-order valence-corrected chi connectivity index (χ4v) is 3.05. The number of fused-ring (bicyclic) bond motifs is 1. The number of aromatic nitrogens is 1. The Hall–Kier alpha value is -1.77. The highest BCUT2D eigenvalue weighted by molar-refractivity contribution is 5.98. The number of rotatable bonds is 1. The smallest absolute Gasteiger partial charge is 0.0956 e. The molecule has 0 bridgehead atoms. The number of hydrogen-bond acceptors (Lipinski definition) is 3. The topological polar surface area (TPSA) is 42.1 Å². The highest BCUT2D eigenvalue weighted by atomic mass is 15.2. The highest BCUT2D eigenvalue weighted by Crippen LogP contribution is 2.34. The van der Waals surface area contributed by atoms with Crippen LogP contribution in [-0.2, 0) is 0 Å². The van der Waals surface area contributed by atoms with Crippen LogP contribution in [0.25, 0.3) is 10.9 Å². The predicted molar refractivity (Wildman–Crippen MR) is 76.7 cm³/mol. The third-order valence-electron chi connectivity index (χ3n) is 3.88. The minimum atomic E-state index is 0.578. The van der Waals surface area contributed by atoms with Gasteiger partial charge in [0.15, 0.2) is 0 Å². The van der Waals surface area contributed by atoms with E-state index in [0.29, 0.717) is 6.04 Å². The molecule has 1 aliphatic rings. The quantitative estimate of drug-likeness (QED) is 0.780. The average Bonchev–Trinajstić information content (AvgIpc) is 2.69. The molecule has 0 saturated carbocycles. The van der Waals surface area contributed by atoms with Crippen LogP contribution in [-0.4, -0.2) is 17.6 Å². The van der Waals surface area contributed by atoms with Gasteiger partial charge >= 0.3 is 0 Å². The van der Waals surface area contributed by atoms with Gasteiger partial charge in [0.25, 0.3) is 0 Å². The normalized spacial score (nSPS) is 23.8. The van der Waals surface area contributed by atoms with E-state index in [1.807, 2.05) is 24.4 Å². The first-order valence-electron chi connectivity index (χ1n) is 6.56. The maximum Gasteiger partial charge on any atom is 0.0956 e. The van der Waals surface area contributed by atoms with Crippen molar-refractivity contribution in [3.05, 3.63) is 30.5 Å². The molecule has 18 heavy (non-hydrogen) atoms. The van der Waals surface area contributed by atoms with E-state index in [1.54, 1.807) is 0 Å². The predicted octanol–water partition coefficient (Wildman–Crippen LogP) is 3.05. The van der Waals surface area contributed by atoms with E-state index >= 15 is 0 Å². The van der Waals surface area contributed by atoms with Crippen LogP contribution in [0.4, 0.5) is 11.4 Å². The van der Waals surface area contributed by atoms with E-state index in [9.17, 15) is 0 Å². The molecule has 1 aromatic heterocycles. The first kappa shape index (κ1) is 11.3. The Kier molecular flexibility index (Phi) is 2.62. The molecule has 3 rings (SSSR count). The Balaban J connectivity index is 2.15. The molecular formula is C15H19N3. The van der Waals surface area contributed by atoms with Crippen molar-refractivity contribution in [2.24, 2.45) is 5.92 Å². The van der Waals surface area contributed by atoms with Crippen LogP contribution in [0.3, 0.4) is 0 Å². The van der Waals surface area contributed by atoms with E-state index < -0.39 is 0 Å². The second-order valence-electron chi connectivity index (χ2n) is 5.42. The third-order valence-corrected chi connectivity index (χ3v) is 3.88. The van der Waals surface area contributed by atoms with Crippen molar-refractivity contribution in [2.45, 2.75) is 26.3 Å². The number of hydrogen-bond donors (Lipinski definition) is 1. The number of nitrogen functional groups attached to an aromatic ring is 1. The molecule has 2 aromatic rings. The van der Waals surface area contributed by atoms with Gasteiger partial charge in [-0.25, -0.2) is 0 Å². The lowest BCUT2D eigenvalue weighted by Crippen LogP contribution is -2.27. The molecule has 0 radical (unpaired) electrons. The summed E-state index contributed by atoms with van der Waals surface area (Å²) in [5.41, 5.74) is 9.08. The van der Waals surface area contributed by atoms with Crippen molar-refractivity contribution in [1.29, 1.82) is 0 Å². The number of benzene rings is 1. The summed E-state index contributed by atoms with van der Waals surface area (Å²) in [6, 6.07) is 8.67. The first-order chi connectivity index (χ1) is 8.66. The summed E-state index contributed by atoms with van der Waals surface area (Å²) >= 11 is 0. The zero-order chi connectivity index (χ0) is 12.7. The molecule has 2 heterocycles. The van der Waals surface area contributed by atoms with Crippen LogP contribution in [0.15, 0.2) is 30.5 Å². The average molecular weight is 241 g/mol. The molecular weight excluding hydrogens is 222 g/mol. The van der Waals surface area contributed by atoms with Crippen molar-refractivity contribution in [1.82, 2.24) is 4.98 Å². The summed E-state index contributed by atoms with van der Waals surface area (Å²) in [5, 5.41) is 1.06. The summed E-state index contributed by atoms with van der Waals surface area (Å²) in [4.78, 5) is 6.98. The second-order valence-corrected chi connectivity index (χ2v) is 5.42. The van der Waals surface area contributed by atoms with E-state index in [4.69, 9.17) is 5.73 Å². The van der Waals surface area contributed by atoms with Crippen molar-refractivity contribution in [2.75, 3.05) is 17.2 Å². The van der Waals surface area contributed by atoms with E-state index in [-0.39, 0.29) is 0 Å². The van der Waals surface area contributed by atoms with Gasteiger partial charge in [-0.05, 0) is 43.5 Å². The van der Waals surface area contributed by atoms with Gasteiger partial charge in [-0.15, -0.1) is 0 Å². The molecule has 1 saturated heterocycles. The summed E-state index contributed by atoms with van der Waals surface area (Å²) < 4.78 is 0. The fourth-order valence-electron chi connectivity index (χ4n) is 3.05. The number of nitrogens with two attached hydrogens (primary N) is 1. The van der Waals surface area contributed by atoms with Crippen molar-refractivity contribution < 1.29 is 0 Å². The summed E-state index contributed by atoms with van der Waals surface area (Å²) in [6.45, 7) is 5.70. The van der Waals surface area contributed by atoms with Gasteiger partial charge in [-0.3, -0.25) is 4.98 Å². The molecule has 1 aliphatic heterocycles. The van der Waals surface area contributed by atoms with Gasteiger partial charge in [-0.1, -0.05) is 6.92 Å².